The first-order valence-corrected chi connectivity index (χ1v) is 10.2. The van der Waals surface area contributed by atoms with Crippen LogP contribution in [0.5, 0.6) is 11.5 Å². The van der Waals surface area contributed by atoms with Crippen LogP contribution in [-0.2, 0) is 0 Å². The van der Waals surface area contributed by atoms with Crippen LogP contribution in [0.1, 0.15) is 21.6 Å². The smallest absolute Gasteiger partial charge is 0.252 e. The van der Waals surface area contributed by atoms with E-state index in [1.807, 2.05) is 34.1 Å². The summed E-state index contributed by atoms with van der Waals surface area (Å²) < 4.78 is 24.9. The molecule has 5 rings (SSSR count). The van der Waals surface area contributed by atoms with Crippen LogP contribution < -0.4 is 25.0 Å². The van der Waals surface area contributed by atoms with Gasteiger partial charge in [-0.25, -0.2) is 14.4 Å². The van der Waals surface area contributed by atoms with Crippen molar-refractivity contribution in [3.05, 3.63) is 77.7 Å². The Morgan fingerprint density at radius 2 is 1.78 bits per heavy atom. The SMILES string of the molecule is NC(=O)c1cnc(N2CCN(c3ccccc3F)CC2)nc1[CH]c1ccc2c(c1)OCO2. The number of nitrogens with two attached hydrogens (primary N) is 1. The highest BCUT2D eigenvalue weighted by molar-refractivity contribution is 5.94. The number of amides is 1. The Kier molecular flexibility index (Phi) is 5.22. The number of carbonyl (C=O) groups excluding carboxylic acids is 1. The lowest BCUT2D eigenvalue weighted by molar-refractivity contribution is 0.0999. The first kappa shape index (κ1) is 20.0. The van der Waals surface area contributed by atoms with Gasteiger partial charge >= 0.3 is 0 Å². The largest absolute Gasteiger partial charge is 0.454 e. The van der Waals surface area contributed by atoms with Crippen LogP contribution >= 0.6 is 0 Å². The first-order valence-electron chi connectivity index (χ1n) is 10.2. The summed E-state index contributed by atoms with van der Waals surface area (Å²) in [6.07, 6.45) is 3.22. The lowest BCUT2D eigenvalue weighted by Gasteiger charge is -2.36. The van der Waals surface area contributed by atoms with Crippen molar-refractivity contribution in [2.75, 3.05) is 42.8 Å². The van der Waals surface area contributed by atoms with Crippen LogP contribution in [0, 0.1) is 12.2 Å². The minimum atomic E-state index is -0.604. The number of nitrogens with zero attached hydrogens (tertiary/aromatic N) is 4. The zero-order valence-corrected chi connectivity index (χ0v) is 17.2. The summed E-state index contributed by atoms with van der Waals surface area (Å²) in [6.45, 7) is 2.68. The van der Waals surface area contributed by atoms with Crippen molar-refractivity contribution in [1.29, 1.82) is 0 Å². The van der Waals surface area contributed by atoms with E-state index in [1.165, 1.54) is 12.3 Å². The number of piperazine rings is 1. The van der Waals surface area contributed by atoms with Gasteiger partial charge in [0.1, 0.15) is 5.82 Å². The normalized spacial score (nSPS) is 15.2. The summed E-state index contributed by atoms with van der Waals surface area (Å²) in [5, 5.41) is 0. The van der Waals surface area contributed by atoms with Crippen LogP contribution in [0.25, 0.3) is 0 Å². The van der Waals surface area contributed by atoms with Crippen LogP contribution in [-0.4, -0.2) is 48.8 Å². The number of hydrogen-bond donors (Lipinski definition) is 1. The highest BCUT2D eigenvalue weighted by Crippen LogP contribution is 2.33. The molecule has 0 unspecified atom stereocenters. The maximum absolute atomic E-state index is 14.1. The van der Waals surface area contributed by atoms with Crippen molar-refractivity contribution < 1.29 is 18.7 Å². The minimum absolute atomic E-state index is 0.182. The van der Waals surface area contributed by atoms with Gasteiger partial charge in [-0.15, -0.1) is 0 Å². The molecule has 0 aliphatic carbocycles. The monoisotopic (exact) mass is 434 g/mol. The number of rotatable bonds is 5. The molecule has 3 heterocycles. The summed E-state index contributed by atoms with van der Waals surface area (Å²) >= 11 is 0. The second kappa shape index (κ2) is 8.33. The van der Waals surface area contributed by atoms with Crippen molar-refractivity contribution in [2.45, 2.75) is 0 Å². The van der Waals surface area contributed by atoms with E-state index in [0.717, 1.165) is 5.56 Å². The average molecular weight is 434 g/mol. The number of anilines is 2. The molecular weight excluding hydrogens is 413 g/mol. The van der Waals surface area contributed by atoms with E-state index in [2.05, 4.69) is 9.97 Å². The predicted octanol–water partition coefficient (Wildman–Crippen LogP) is 2.37. The van der Waals surface area contributed by atoms with Gasteiger partial charge in [0.15, 0.2) is 11.5 Å². The molecular formula is C23H21FN5O3. The second-order valence-electron chi connectivity index (χ2n) is 7.52. The van der Waals surface area contributed by atoms with Gasteiger partial charge < -0.3 is 25.0 Å². The van der Waals surface area contributed by atoms with Crippen molar-refractivity contribution in [2.24, 2.45) is 5.73 Å². The fraction of sp³-hybridized carbons (Fsp3) is 0.217. The number of para-hydroxylation sites is 1. The third kappa shape index (κ3) is 3.89. The molecule has 2 aliphatic heterocycles. The maximum atomic E-state index is 14.1. The van der Waals surface area contributed by atoms with E-state index in [4.69, 9.17) is 15.2 Å². The molecule has 1 saturated heterocycles. The lowest BCUT2D eigenvalue weighted by Crippen LogP contribution is -2.47. The zero-order valence-electron chi connectivity index (χ0n) is 17.2. The van der Waals surface area contributed by atoms with Gasteiger partial charge in [0.05, 0.1) is 16.9 Å². The summed E-state index contributed by atoms with van der Waals surface area (Å²) in [4.78, 5) is 24.9. The predicted molar refractivity (Wildman–Crippen MR) is 116 cm³/mol. The molecule has 8 nitrogen and oxygen atoms in total. The summed E-state index contributed by atoms with van der Waals surface area (Å²) in [5.74, 6) is 0.970. The number of benzene rings is 2. The summed E-state index contributed by atoms with van der Waals surface area (Å²) in [6, 6.07) is 12.2. The van der Waals surface area contributed by atoms with E-state index in [9.17, 15) is 9.18 Å². The topological polar surface area (TPSA) is 93.8 Å². The molecule has 163 valence electrons. The van der Waals surface area contributed by atoms with Gasteiger partial charge in [-0.2, -0.15) is 0 Å². The summed E-state index contributed by atoms with van der Waals surface area (Å²) in [5.41, 5.74) is 7.59. The Hall–Kier alpha value is -3.88. The van der Waals surface area contributed by atoms with Gasteiger partial charge in [0.2, 0.25) is 12.7 Å². The highest BCUT2D eigenvalue weighted by atomic mass is 19.1. The number of carbonyl (C=O) groups is 1. The third-order valence-electron chi connectivity index (χ3n) is 5.53. The van der Waals surface area contributed by atoms with Crippen molar-refractivity contribution >= 4 is 17.5 Å². The van der Waals surface area contributed by atoms with Crippen molar-refractivity contribution in [3.8, 4) is 11.5 Å². The molecule has 2 aromatic carbocycles. The zero-order chi connectivity index (χ0) is 22.1. The molecule has 1 radical (unpaired) electrons. The Morgan fingerprint density at radius 3 is 2.56 bits per heavy atom. The van der Waals surface area contributed by atoms with Gasteiger partial charge in [-0.3, -0.25) is 4.79 Å². The molecule has 9 heteroatoms. The Labute approximate surface area is 184 Å². The number of halogens is 1. The number of primary amides is 1. The van der Waals surface area contributed by atoms with E-state index in [-0.39, 0.29) is 18.2 Å². The number of aromatic nitrogens is 2. The van der Waals surface area contributed by atoms with Crippen LogP contribution in [0.4, 0.5) is 16.0 Å². The second-order valence-corrected chi connectivity index (χ2v) is 7.52. The first-order chi connectivity index (χ1) is 15.6. The molecule has 0 atom stereocenters. The Balaban J connectivity index is 1.35. The van der Waals surface area contributed by atoms with Gasteiger partial charge in [-0.05, 0) is 29.8 Å². The van der Waals surface area contributed by atoms with Crippen LogP contribution in [0.3, 0.4) is 0 Å². The van der Waals surface area contributed by atoms with Gasteiger partial charge in [0.25, 0.3) is 5.91 Å². The van der Waals surface area contributed by atoms with E-state index < -0.39 is 5.91 Å². The number of hydrogen-bond acceptors (Lipinski definition) is 7. The quantitative estimate of drug-likeness (QED) is 0.659. The number of ether oxygens (including phenoxy) is 2. The molecule has 3 aromatic rings. The fourth-order valence-electron chi connectivity index (χ4n) is 3.85. The van der Waals surface area contributed by atoms with Crippen molar-refractivity contribution in [3.63, 3.8) is 0 Å². The number of fused-ring (bicyclic) bond motifs is 1. The molecule has 0 saturated carbocycles. The van der Waals surface area contributed by atoms with Gasteiger partial charge in [0, 0.05) is 38.8 Å². The Bertz CT molecular complexity index is 1160. The molecule has 1 amide bonds. The van der Waals surface area contributed by atoms with E-state index in [0.29, 0.717) is 55.0 Å². The molecule has 0 bridgehead atoms. The molecule has 2 aliphatic rings. The molecule has 2 N–H and O–H groups in total. The molecule has 32 heavy (non-hydrogen) atoms. The standard InChI is InChI=1S/C23H21FN5O3/c24-17-3-1-2-4-19(17)28-7-9-29(10-8-28)23-26-13-16(22(25)30)18(27-23)11-15-5-6-20-21(12-15)32-14-31-20/h1-6,11-13H,7-10,14H2,(H2,25,30). The third-order valence-corrected chi connectivity index (χ3v) is 5.53. The molecule has 0 spiro atoms. The van der Waals surface area contributed by atoms with Crippen LogP contribution in [0.15, 0.2) is 48.7 Å². The average Bonchev–Trinajstić information content (AvgIpc) is 3.27. The molecule has 1 fully saturated rings. The van der Waals surface area contributed by atoms with Crippen LogP contribution in [0.2, 0.25) is 0 Å². The summed E-state index contributed by atoms with van der Waals surface area (Å²) in [7, 11) is 0. The molecule has 1 aromatic heterocycles. The minimum Gasteiger partial charge on any atom is -0.454 e. The van der Waals surface area contributed by atoms with Crippen molar-refractivity contribution in [1.82, 2.24) is 9.97 Å². The Morgan fingerprint density at radius 1 is 1.03 bits per heavy atom. The lowest BCUT2D eigenvalue weighted by atomic mass is 10.1. The van der Waals surface area contributed by atoms with E-state index in [1.54, 1.807) is 18.6 Å². The van der Waals surface area contributed by atoms with Gasteiger partial charge in [-0.1, -0.05) is 18.2 Å². The van der Waals surface area contributed by atoms with E-state index >= 15 is 0 Å². The fourth-order valence-corrected chi connectivity index (χ4v) is 3.85. The highest BCUT2D eigenvalue weighted by Gasteiger charge is 2.23. The maximum Gasteiger partial charge on any atom is 0.252 e.